The van der Waals surface area contributed by atoms with E-state index in [0.29, 0.717) is 6.04 Å². The van der Waals surface area contributed by atoms with E-state index in [0.717, 1.165) is 11.4 Å². The average Bonchev–Trinajstić information content (AvgIpc) is 2.83. The Hall–Kier alpha value is -2.21. The third-order valence-corrected chi connectivity index (χ3v) is 2.73. The molecule has 0 saturated carbocycles. The summed E-state index contributed by atoms with van der Waals surface area (Å²) in [4.78, 5) is 4.65. The average molecular weight is 276 g/mol. The van der Waals surface area contributed by atoms with Crippen LogP contribution in [0.1, 0.15) is 5.56 Å². The van der Waals surface area contributed by atoms with Gasteiger partial charge in [-0.05, 0) is 0 Å². The second-order valence-corrected chi connectivity index (χ2v) is 4.39. The fraction of sp³-hybridized carbons (Fsp3) is 0.154. The van der Waals surface area contributed by atoms with E-state index in [-0.39, 0.29) is 6.04 Å². The predicted octanol–water partition coefficient (Wildman–Crippen LogP) is 0.895. The van der Waals surface area contributed by atoms with E-state index in [4.69, 9.17) is 12.6 Å². The Morgan fingerprint density at radius 2 is 1.63 bits per heavy atom. The highest BCUT2D eigenvalue weighted by Gasteiger charge is 2.25. The summed E-state index contributed by atoms with van der Waals surface area (Å²) in [6, 6.07) is 10.9. The normalized spacial score (nSPS) is 22.6. The molecule has 2 aliphatic rings. The number of amidine groups is 1. The summed E-state index contributed by atoms with van der Waals surface area (Å²) >= 11 is 0. The molecule has 1 N–H and O–H groups in total. The van der Waals surface area contributed by atoms with Crippen molar-refractivity contribution in [1.29, 1.82) is 0 Å². The molecule has 0 amide bonds. The molecule has 98 valence electrons. The van der Waals surface area contributed by atoms with Gasteiger partial charge in [0.05, 0.1) is 12.1 Å². The van der Waals surface area contributed by atoms with Crippen LogP contribution in [0.4, 0.5) is 0 Å². The predicted molar refractivity (Wildman–Crippen MR) is 71.7 cm³/mol. The van der Waals surface area contributed by atoms with Crippen molar-refractivity contribution in [3.63, 3.8) is 0 Å². The second-order valence-electron chi connectivity index (χ2n) is 3.98. The minimum Gasteiger partial charge on any atom is -0.361 e. The maximum Gasteiger partial charge on any atom is 0.425 e. The molecule has 5 nitrogen and oxygen atoms in total. The van der Waals surface area contributed by atoms with E-state index < -0.39 is 10.6 Å². The Kier molecular flexibility index (Phi) is 4.25. The number of aliphatic imine (C=N–C) groups is 1. The van der Waals surface area contributed by atoms with Gasteiger partial charge in [-0.2, -0.15) is 0 Å². The second kappa shape index (κ2) is 6.10. The topological polar surface area (TPSA) is 75.6 Å². The van der Waals surface area contributed by atoms with E-state index in [1.807, 2.05) is 18.2 Å². The third kappa shape index (κ3) is 3.62. The molecular weight excluding hydrogens is 264 g/mol. The lowest BCUT2D eigenvalue weighted by Gasteiger charge is -2.13. The monoisotopic (exact) mass is 276 g/mol. The highest BCUT2D eigenvalue weighted by atomic mass is 32.2. The van der Waals surface area contributed by atoms with Gasteiger partial charge in [-0.3, -0.25) is 4.99 Å². The van der Waals surface area contributed by atoms with Crippen LogP contribution in [-0.4, -0.2) is 30.5 Å². The van der Waals surface area contributed by atoms with Crippen LogP contribution in [0.15, 0.2) is 59.6 Å². The van der Waals surface area contributed by atoms with E-state index in [1.165, 1.54) is 0 Å². The summed E-state index contributed by atoms with van der Waals surface area (Å²) in [6.45, 7) is 0. The highest BCUT2D eigenvalue weighted by molar-refractivity contribution is 7.59. The van der Waals surface area contributed by atoms with Crippen molar-refractivity contribution in [2.45, 2.75) is 12.1 Å². The number of hydrogen-bond acceptors (Lipinski definition) is 5. The number of nitrogens with one attached hydrogen (secondary N) is 1. The van der Waals surface area contributed by atoms with Gasteiger partial charge in [-0.15, -0.1) is 12.6 Å². The van der Waals surface area contributed by atoms with Gasteiger partial charge in [0, 0.05) is 5.56 Å². The lowest BCUT2D eigenvalue weighted by molar-refractivity contribution is 0.559. The SMILES string of the molecule is C1=CC2N=C(c3ccccc3)NC2C=C1.O=S(=O)=O. The van der Waals surface area contributed by atoms with Crippen LogP contribution in [0.3, 0.4) is 0 Å². The minimum absolute atomic E-state index is 0.269. The largest absolute Gasteiger partial charge is 0.425 e. The summed E-state index contributed by atoms with van der Waals surface area (Å²) in [7, 11) is -3.11. The number of allylic oxidation sites excluding steroid dienone is 2. The van der Waals surface area contributed by atoms with Crippen LogP contribution in [-0.2, 0) is 10.6 Å². The molecule has 3 rings (SSSR count). The first kappa shape index (κ1) is 13.2. The smallest absolute Gasteiger partial charge is 0.361 e. The van der Waals surface area contributed by atoms with Gasteiger partial charge in [0.15, 0.2) is 0 Å². The zero-order valence-electron chi connectivity index (χ0n) is 9.93. The van der Waals surface area contributed by atoms with Crippen molar-refractivity contribution in [2.75, 3.05) is 0 Å². The van der Waals surface area contributed by atoms with Crippen molar-refractivity contribution >= 4 is 16.4 Å². The first-order valence-electron chi connectivity index (χ1n) is 5.68. The van der Waals surface area contributed by atoms with Crippen LogP contribution >= 0.6 is 0 Å². The molecule has 0 aromatic heterocycles. The Balaban J connectivity index is 0.000000297. The Morgan fingerprint density at radius 1 is 1.00 bits per heavy atom. The summed E-state index contributed by atoms with van der Waals surface area (Å²) in [6.07, 6.45) is 8.41. The number of nitrogens with zero attached hydrogens (tertiary/aromatic N) is 1. The molecule has 1 aliphatic carbocycles. The molecule has 19 heavy (non-hydrogen) atoms. The molecule has 0 radical (unpaired) electrons. The van der Waals surface area contributed by atoms with Crippen molar-refractivity contribution in [3.8, 4) is 0 Å². The molecule has 1 heterocycles. The van der Waals surface area contributed by atoms with Gasteiger partial charge < -0.3 is 5.32 Å². The molecule has 2 unspecified atom stereocenters. The van der Waals surface area contributed by atoms with Crippen molar-refractivity contribution < 1.29 is 12.6 Å². The Labute approximate surface area is 112 Å². The van der Waals surface area contributed by atoms with E-state index in [2.05, 4.69) is 46.7 Å². The standard InChI is InChI=1S/C13H12N2.O3S/c1-2-6-10(7-3-1)13-14-11-8-4-5-9-12(11)15-13;1-4(2)3/h1-9,11-12H,(H,14,15);. The van der Waals surface area contributed by atoms with E-state index in [1.54, 1.807) is 0 Å². The highest BCUT2D eigenvalue weighted by Crippen LogP contribution is 2.17. The van der Waals surface area contributed by atoms with Crippen molar-refractivity contribution in [2.24, 2.45) is 4.99 Å². The number of rotatable bonds is 1. The summed E-state index contributed by atoms with van der Waals surface area (Å²) in [5, 5.41) is 3.42. The molecule has 1 aromatic rings. The van der Waals surface area contributed by atoms with Crippen LogP contribution in [0, 0.1) is 0 Å². The van der Waals surface area contributed by atoms with Crippen LogP contribution < -0.4 is 5.32 Å². The lowest BCUT2D eigenvalue weighted by Crippen LogP contribution is -2.33. The molecule has 0 bridgehead atoms. The van der Waals surface area contributed by atoms with E-state index in [9.17, 15) is 0 Å². The fourth-order valence-electron chi connectivity index (χ4n) is 1.95. The van der Waals surface area contributed by atoms with E-state index >= 15 is 0 Å². The first-order valence-corrected chi connectivity index (χ1v) is 6.68. The number of benzene rings is 1. The first-order chi connectivity index (χ1) is 9.16. The van der Waals surface area contributed by atoms with Gasteiger partial charge in [-0.25, -0.2) is 0 Å². The molecule has 1 aromatic carbocycles. The maximum atomic E-state index is 8.44. The fourth-order valence-corrected chi connectivity index (χ4v) is 1.95. The zero-order chi connectivity index (χ0) is 13.7. The third-order valence-electron chi connectivity index (χ3n) is 2.73. The summed E-state index contributed by atoms with van der Waals surface area (Å²) in [5.74, 6) is 1.00. The van der Waals surface area contributed by atoms with Gasteiger partial charge in [0.1, 0.15) is 5.84 Å². The summed E-state index contributed by atoms with van der Waals surface area (Å²) < 4.78 is 25.3. The van der Waals surface area contributed by atoms with Gasteiger partial charge in [-0.1, -0.05) is 54.6 Å². The zero-order valence-corrected chi connectivity index (χ0v) is 10.7. The molecule has 0 fully saturated rings. The lowest BCUT2D eigenvalue weighted by atomic mass is 10.1. The van der Waals surface area contributed by atoms with Crippen LogP contribution in [0.5, 0.6) is 0 Å². The number of fused-ring (bicyclic) bond motifs is 1. The van der Waals surface area contributed by atoms with Crippen molar-refractivity contribution in [1.82, 2.24) is 5.32 Å². The maximum absolute atomic E-state index is 8.44. The van der Waals surface area contributed by atoms with Crippen LogP contribution in [0.2, 0.25) is 0 Å². The van der Waals surface area contributed by atoms with Gasteiger partial charge >= 0.3 is 10.6 Å². The van der Waals surface area contributed by atoms with Crippen molar-refractivity contribution in [3.05, 3.63) is 60.2 Å². The molecule has 1 aliphatic heterocycles. The van der Waals surface area contributed by atoms with Gasteiger partial charge in [0.2, 0.25) is 0 Å². The Morgan fingerprint density at radius 3 is 2.26 bits per heavy atom. The van der Waals surface area contributed by atoms with Gasteiger partial charge in [0.25, 0.3) is 0 Å². The van der Waals surface area contributed by atoms with Crippen LogP contribution in [0.25, 0.3) is 0 Å². The molecule has 2 atom stereocenters. The number of hydrogen-bond donors (Lipinski definition) is 1. The Bertz CT molecular complexity index is 626. The molecule has 6 heteroatoms. The minimum atomic E-state index is -3.11. The molecule has 0 saturated heterocycles. The summed E-state index contributed by atoms with van der Waals surface area (Å²) in [5.41, 5.74) is 1.16. The molecule has 0 spiro atoms. The quantitative estimate of drug-likeness (QED) is 0.826. The molecular formula is C13H12N2O3S.